The molecule has 0 saturated heterocycles. The summed E-state index contributed by atoms with van der Waals surface area (Å²) in [5.41, 5.74) is 2.05. The first-order chi connectivity index (χ1) is 16.8. The van der Waals surface area contributed by atoms with Crippen LogP contribution >= 0.6 is 0 Å². The van der Waals surface area contributed by atoms with Crippen LogP contribution in [0.4, 0.5) is 4.79 Å². The quantitative estimate of drug-likeness (QED) is 0.421. The molecule has 8 nitrogen and oxygen atoms in total. The Kier molecular flexibility index (Phi) is 7.00. The molecule has 0 spiro atoms. The molecule has 1 amide bonds. The van der Waals surface area contributed by atoms with Crippen molar-refractivity contribution in [1.29, 1.82) is 0 Å². The van der Waals surface area contributed by atoms with Gasteiger partial charge >= 0.3 is 12.1 Å². The standard InChI is InChI=1S/C27H28N2O6/c1-2-24(30)29(17-27(35-26(33)34)13-5-6-14-27)16-18-9-11-22-19(15-18)10-12-23(28-22)20-7-3-4-8-21(20)25(31)32/h3-4,7-12,15H,2,5-6,13-14,16-17H2,1H3,(H,31,32)(H,33,34). The Labute approximate surface area is 203 Å². The molecule has 2 aromatic carbocycles. The van der Waals surface area contributed by atoms with Crippen molar-refractivity contribution in [2.45, 2.75) is 51.2 Å². The average molecular weight is 477 g/mol. The first-order valence-corrected chi connectivity index (χ1v) is 11.7. The second kappa shape index (κ2) is 10.1. The van der Waals surface area contributed by atoms with Crippen LogP contribution in [0.5, 0.6) is 0 Å². The molecule has 1 aliphatic rings. The summed E-state index contributed by atoms with van der Waals surface area (Å²) in [6, 6.07) is 16.1. The lowest BCUT2D eigenvalue weighted by molar-refractivity contribution is -0.136. The molecular weight excluding hydrogens is 448 g/mol. The minimum absolute atomic E-state index is 0.0656. The number of hydrogen-bond acceptors (Lipinski definition) is 5. The van der Waals surface area contributed by atoms with Gasteiger partial charge in [-0.2, -0.15) is 0 Å². The smallest absolute Gasteiger partial charge is 0.478 e. The largest absolute Gasteiger partial charge is 0.506 e. The van der Waals surface area contributed by atoms with Crippen LogP contribution in [0.1, 0.15) is 54.9 Å². The number of carbonyl (C=O) groups excluding carboxylic acids is 1. The van der Waals surface area contributed by atoms with Gasteiger partial charge in [0.2, 0.25) is 5.91 Å². The maximum Gasteiger partial charge on any atom is 0.506 e. The van der Waals surface area contributed by atoms with E-state index in [9.17, 15) is 24.6 Å². The summed E-state index contributed by atoms with van der Waals surface area (Å²) in [5.74, 6) is -1.07. The van der Waals surface area contributed by atoms with Gasteiger partial charge in [-0.1, -0.05) is 37.3 Å². The van der Waals surface area contributed by atoms with Crippen LogP contribution in [0, 0.1) is 0 Å². The van der Waals surface area contributed by atoms with E-state index in [0.29, 0.717) is 42.6 Å². The molecule has 1 aromatic heterocycles. The maximum absolute atomic E-state index is 12.7. The zero-order chi connectivity index (χ0) is 25.0. The van der Waals surface area contributed by atoms with E-state index in [1.54, 1.807) is 42.2 Å². The van der Waals surface area contributed by atoms with E-state index in [2.05, 4.69) is 4.98 Å². The Morgan fingerprint density at radius 2 is 1.77 bits per heavy atom. The summed E-state index contributed by atoms with van der Waals surface area (Å²) in [5, 5.41) is 19.6. The third kappa shape index (κ3) is 5.42. The molecule has 0 unspecified atom stereocenters. The van der Waals surface area contributed by atoms with Gasteiger partial charge in [0, 0.05) is 23.9 Å². The molecule has 4 rings (SSSR count). The van der Waals surface area contributed by atoms with Crippen LogP contribution in [-0.4, -0.2) is 50.3 Å². The third-order valence-electron chi connectivity index (χ3n) is 6.51. The van der Waals surface area contributed by atoms with Crippen LogP contribution in [0.25, 0.3) is 22.2 Å². The molecule has 0 radical (unpaired) electrons. The fourth-order valence-corrected chi connectivity index (χ4v) is 4.84. The molecule has 182 valence electrons. The molecule has 0 atom stereocenters. The first-order valence-electron chi connectivity index (χ1n) is 11.7. The number of carboxylic acid groups (broad SMARTS) is 2. The monoisotopic (exact) mass is 476 g/mol. The molecule has 1 fully saturated rings. The molecule has 0 bridgehead atoms. The molecule has 1 saturated carbocycles. The summed E-state index contributed by atoms with van der Waals surface area (Å²) in [6.07, 6.45) is 1.95. The highest BCUT2D eigenvalue weighted by molar-refractivity contribution is 5.96. The number of carboxylic acids is 1. The van der Waals surface area contributed by atoms with Crippen molar-refractivity contribution in [1.82, 2.24) is 9.88 Å². The molecule has 0 aliphatic heterocycles. The highest BCUT2D eigenvalue weighted by atomic mass is 16.7. The van der Waals surface area contributed by atoms with Crippen molar-refractivity contribution in [3.63, 3.8) is 0 Å². The number of fused-ring (bicyclic) bond motifs is 1. The number of aromatic nitrogens is 1. The van der Waals surface area contributed by atoms with Crippen molar-refractivity contribution >= 4 is 28.9 Å². The van der Waals surface area contributed by atoms with Gasteiger partial charge in [-0.3, -0.25) is 4.79 Å². The van der Waals surface area contributed by atoms with Gasteiger partial charge in [0.1, 0.15) is 5.60 Å². The van der Waals surface area contributed by atoms with E-state index in [4.69, 9.17) is 4.74 Å². The van der Waals surface area contributed by atoms with Crippen LogP contribution in [-0.2, 0) is 16.1 Å². The highest BCUT2D eigenvalue weighted by Gasteiger charge is 2.40. The van der Waals surface area contributed by atoms with Gasteiger partial charge < -0.3 is 19.8 Å². The van der Waals surface area contributed by atoms with Crippen molar-refractivity contribution in [2.24, 2.45) is 0 Å². The van der Waals surface area contributed by atoms with Gasteiger partial charge in [-0.25, -0.2) is 14.6 Å². The average Bonchev–Trinajstić information content (AvgIpc) is 3.30. The number of rotatable bonds is 8. The maximum atomic E-state index is 12.7. The molecule has 1 heterocycles. The zero-order valence-corrected chi connectivity index (χ0v) is 19.6. The van der Waals surface area contributed by atoms with Crippen molar-refractivity contribution in [2.75, 3.05) is 6.54 Å². The van der Waals surface area contributed by atoms with Crippen LogP contribution in [0.3, 0.4) is 0 Å². The summed E-state index contributed by atoms with van der Waals surface area (Å²) >= 11 is 0. The molecule has 2 N–H and O–H groups in total. The Morgan fingerprint density at radius 3 is 2.46 bits per heavy atom. The number of aromatic carboxylic acids is 1. The van der Waals surface area contributed by atoms with Gasteiger partial charge in [0.25, 0.3) is 0 Å². The van der Waals surface area contributed by atoms with Crippen LogP contribution in [0.2, 0.25) is 0 Å². The first kappa shape index (κ1) is 24.2. The topological polar surface area (TPSA) is 117 Å². The van der Waals surface area contributed by atoms with E-state index in [-0.39, 0.29) is 18.0 Å². The number of pyridine rings is 1. The highest BCUT2D eigenvalue weighted by Crippen LogP contribution is 2.35. The summed E-state index contributed by atoms with van der Waals surface area (Å²) in [7, 11) is 0. The minimum atomic E-state index is -1.31. The van der Waals surface area contributed by atoms with Gasteiger partial charge in [0.05, 0.1) is 23.3 Å². The lowest BCUT2D eigenvalue weighted by Gasteiger charge is -2.34. The fraction of sp³-hybridized carbons (Fsp3) is 0.333. The van der Waals surface area contributed by atoms with E-state index in [1.807, 2.05) is 24.3 Å². The fourth-order valence-electron chi connectivity index (χ4n) is 4.84. The number of carbonyl (C=O) groups is 3. The normalized spacial score (nSPS) is 14.5. The molecule has 1 aliphatic carbocycles. The second-order valence-electron chi connectivity index (χ2n) is 8.94. The Bertz CT molecular complexity index is 1270. The minimum Gasteiger partial charge on any atom is -0.478 e. The molecular formula is C27H28N2O6. The van der Waals surface area contributed by atoms with Gasteiger partial charge in [-0.05, 0) is 55.5 Å². The predicted octanol–water partition coefficient (Wildman–Crippen LogP) is 5.35. The predicted molar refractivity (Wildman–Crippen MR) is 130 cm³/mol. The molecule has 3 aromatic rings. The third-order valence-corrected chi connectivity index (χ3v) is 6.51. The van der Waals surface area contributed by atoms with Crippen LogP contribution < -0.4 is 0 Å². The van der Waals surface area contributed by atoms with Crippen molar-refractivity contribution in [3.05, 3.63) is 65.7 Å². The number of amides is 1. The number of ether oxygens (including phenoxy) is 1. The Hall–Kier alpha value is -3.94. The summed E-state index contributed by atoms with van der Waals surface area (Å²) < 4.78 is 5.28. The second-order valence-corrected chi connectivity index (χ2v) is 8.94. The lowest BCUT2D eigenvalue weighted by atomic mass is 10.00. The van der Waals surface area contributed by atoms with E-state index < -0.39 is 17.7 Å². The van der Waals surface area contributed by atoms with Crippen LogP contribution in [0.15, 0.2) is 54.6 Å². The SMILES string of the molecule is CCC(=O)N(Cc1ccc2nc(-c3ccccc3C(=O)O)ccc2c1)CC1(OC(=O)O)CCCC1. The lowest BCUT2D eigenvalue weighted by Crippen LogP contribution is -2.46. The Balaban J connectivity index is 1.60. The van der Waals surface area contributed by atoms with Gasteiger partial charge in [-0.15, -0.1) is 0 Å². The van der Waals surface area contributed by atoms with Gasteiger partial charge in [0.15, 0.2) is 0 Å². The van der Waals surface area contributed by atoms with E-state index >= 15 is 0 Å². The summed E-state index contributed by atoms with van der Waals surface area (Å²) in [4.78, 5) is 42.0. The van der Waals surface area contributed by atoms with Crippen molar-refractivity contribution in [3.8, 4) is 11.3 Å². The number of nitrogens with zero attached hydrogens (tertiary/aromatic N) is 2. The van der Waals surface area contributed by atoms with E-state index in [0.717, 1.165) is 23.8 Å². The summed E-state index contributed by atoms with van der Waals surface area (Å²) in [6.45, 7) is 2.35. The number of benzene rings is 2. The molecule has 8 heteroatoms. The zero-order valence-electron chi connectivity index (χ0n) is 19.6. The number of hydrogen-bond donors (Lipinski definition) is 2. The van der Waals surface area contributed by atoms with Crippen molar-refractivity contribution < 1.29 is 29.3 Å². The Morgan fingerprint density at radius 1 is 1.03 bits per heavy atom. The van der Waals surface area contributed by atoms with E-state index in [1.165, 1.54) is 0 Å². The molecule has 35 heavy (non-hydrogen) atoms.